The topological polar surface area (TPSA) is 72.2 Å². The summed E-state index contributed by atoms with van der Waals surface area (Å²) in [7, 11) is 0. The fourth-order valence-corrected chi connectivity index (χ4v) is 1.23. The number of hydrogen-bond acceptors (Lipinski definition) is 4. The molecule has 0 saturated heterocycles. The molecule has 4 nitrogen and oxygen atoms in total. The summed E-state index contributed by atoms with van der Waals surface area (Å²) in [6.45, 7) is 3.28. The molecule has 0 aliphatic rings. The number of carbonyl (C=O) groups is 2. The lowest BCUT2D eigenvalue weighted by Crippen LogP contribution is -2.44. The molecule has 3 N–H and O–H groups in total. The van der Waals surface area contributed by atoms with Crippen LogP contribution >= 0.6 is 11.8 Å². The van der Waals surface area contributed by atoms with Crippen molar-refractivity contribution in [1.82, 2.24) is 5.32 Å². The summed E-state index contributed by atoms with van der Waals surface area (Å²) in [5, 5.41) is 2.14. The molecule has 12 heavy (non-hydrogen) atoms. The molecule has 0 aliphatic carbocycles. The lowest BCUT2D eigenvalue weighted by atomic mass is 10.3. The summed E-state index contributed by atoms with van der Waals surface area (Å²) in [6, 6.07) is -0.584. The van der Waals surface area contributed by atoms with Gasteiger partial charge >= 0.3 is 0 Å². The van der Waals surface area contributed by atoms with Crippen LogP contribution in [0.25, 0.3) is 0 Å². The highest BCUT2D eigenvalue weighted by molar-refractivity contribution is 7.99. The van der Waals surface area contributed by atoms with Gasteiger partial charge in [0.1, 0.15) is 0 Å². The second-order valence-corrected chi connectivity index (χ2v) is 3.63. The third-order valence-corrected chi connectivity index (χ3v) is 2.14. The van der Waals surface area contributed by atoms with Crippen molar-refractivity contribution >= 4 is 23.6 Å². The fourth-order valence-electron chi connectivity index (χ4n) is 0.587. The monoisotopic (exact) mass is 190 g/mol. The summed E-state index contributed by atoms with van der Waals surface area (Å²) in [4.78, 5) is 21.4. The third kappa shape index (κ3) is 5.15. The van der Waals surface area contributed by atoms with Crippen molar-refractivity contribution in [1.29, 1.82) is 0 Å². The van der Waals surface area contributed by atoms with Gasteiger partial charge in [0, 0.05) is 12.7 Å². The van der Waals surface area contributed by atoms with Crippen molar-refractivity contribution in [3.05, 3.63) is 0 Å². The smallest absolute Gasteiger partial charge is 0.244 e. The van der Waals surface area contributed by atoms with Crippen molar-refractivity contribution < 1.29 is 9.59 Å². The summed E-state index contributed by atoms with van der Waals surface area (Å²) in [6.07, 6.45) is 0. The van der Waals surface area contributed by atoms with Crippen LogP contribution in [-0.2, 0) is 9.59 Å². The van der Waals surface area contributed by atoms with Gasteiger partial charge in [0.15, 0.2) is 0 Å². The lowest BCUT2D eigenvalue weighted by molar-refractivity contribution is -0.129. The SMILES string of the molecule is CCSC[C@H](N)C(=O)NC(C)=O. The zero-order chi connectivity index (χ0) is 9.56. The van der Waals surface area contributed by atoms with Gasteiger partial charge in [0.05, 0.1) is 6.04 Å². The van der Waals surface area contributed by atoms with E-state index < -0.39 is 11.9 Å². The highest BCUT2D eigenvalue weighted by atomic mass is 32.2. The van der Waals surface area contributed by atoms with Crippen LogP contribution in [0.1, 0.15) is 13.8 Å². The van der Waals surface area contributed by atoms with Gasteiger partial charge in [-0.3, -0.25) is 14.9 Å². The molecule has 5 heteroatoms. The number of nitrogens with one attached hydrogen (secondary N) is 1. The molecule has 0 rings (SSSR count). The van der Waals surface area contributed by atoms with Crippen LogP contribution in [0.2, 0.25) is 0 Å². The van der Waals surface area contributed by atoms with Crippen LogP contribution in [0.5, 0.6) is 0 Å². The van der Waals surface area contributed by atoms with Gasteiger partial charge in [0.25, 0.3) is 0 Å². The minimum atomic E-state index is -0.584. The van der Waals surface area contributed by atoms with E-state index in [-0.39, 0.29) is 5.91 Å². The first kappa shape index (κ1) is 11.4. The lowest BCUT2D eigenvalue weighted by Gasteiger charge is -2.08. The average Bonchev–Trinajstić information content (AvgIpc) is 1.98. The largest absolute Gasteiger partial charge is 0.319 e. The van der Waals surface area contributed by atoms with Gasteiger partial charge in [0.2, 0.25) is 11.8 Å². The highest BCUT2D eigenvalue weighted by Crippen LogP contribution is 1.99. The van der Waals surface area contributed by atoms with Crippen LogP contribution in [0.15, 0.2) is 0 Å². The maximum Gasteiger partial charge on any atom is 0.244 e. The Bertz CT molecular complexity index is 173. The normalized spacial score (nSPS) is 12.2. The van der Waals surface area contributed by atoms with Crippen LogP contribution in [0.4, 0.5) is 0 Å². The first-order chi connectivity index (χ1) is 5.57. The predicted octanol–water partition coefficient (Wildman–Crippen LogP) is -0.271. The first-order valence-corrected chi connectivity index (χ1v) is 4.88. The highest BCUT2D eigenvalue weighted by Gasteiger charge is 2.13. The minimum absolute atomic E-state index is 0.364. The van der Waals surface area contributed by atoms with Crippen LogP contribution in [0.3, 0.4) is 0 Å². The van der Waals surface area contributed by atoms with E-state index in [0.717, 1.165) is 5.75 Å². The molecule has 70 valence electrons. The Morgan fingerprint density at radius 1 is 1.58 bits per heavy atom. The van der Waals surface area contributed by atoms with Gasteiger partial charge in [-0.2, -0.15) is 11.8 Å². The van der Waals surface area contributed by atoms with Gasteiger partial charge in [-0.05, 0) is 5.75 Å². The van der Waals surface area contributed by atoms with E-state index in [0.29, 0.717) is 5.75 Å². The van der Waals surface area contributed by atoms with Crippen molar-refractivity contribution in [2.24, 2.45) is 5.73 Å². The number of imide groups is 1. The Morgan fingerprint density at radius 3 is 2.58 bits per heavy atom. The molecule has 0 aromatic carbocycles. The van der Waals surface area contributed by atoms with Crippen LogP contribution < -0.4 is 11.1 Å². The van der Waals surface area contributed by atoms with E-state index >= 15 is 0 Å². The number of nitrogens with two attached hydrogens (primary N) is 1. The molecule has 0 saturated carbocycles. The molecule has 0 unspecified atom stereocenters. The zero-order valence-corrected chi connectivity index (χ0v) is 8.11. The zero-order valence-electron chi connectivity index (χ0n) is 7.29. The summed E-state index contributed by atoms with van der Waals surface area (Å²) in [5.41, 5.74) is 5.47. The first-order valence-electron chi connectivity index (χ1n) is 3.72. The maximum atomic E-state index is 11.0. The van der Waals surface area contributed by atoms with Crippen molar-refractivity contribution in [2.75, 3.05) is 11.5 Å². The Balaban J connectivity index is 3.69. The summed E-state index contributed by atoms with van der Waals surface area (Å²) >= 11 is 1.57. The molecular weight excluding hydrogens is 176 g/mol. The minimum Gasteiger partial charge on any atom is -0.319 e. The molecule has 0 radical (unpaired) electrons. The van der Waals surface area contributed by atoms with Gasteiger partial charge in [-0.25, -0.2) is 0 Å². The summed E-state index contributed by atoms with van der Waals surface area (Å²) in [5.74, 6) is 0.705. The van der Waals surface area contributed by atoms with Gasteiger partial charge in [-0.15, -0.1) is 0 Å². The maximum absolute atomic E-state index is 11.0. The second kappa shape index (κ2) is 6.02. The molecule has 0 bridgehead atoms. The number of carbonyl (C=O) groups excluding carboxylic acids is 2. The number of amides is 2. The molecule has 0 fully saturated rings. The molecule has 0 aliphatic heterocycles. The number of rotatable bonds is 4. The third-order valence-electron chi connectivity index (χ3n) is 1.14. The molecule has 2 amide bonds. The number of hydrogen-bond donors (Lipinski definition) is 2. The van der Waals surface area contributed by atoms with E-state index in [9.17, 15) is 9.59 Å². The second-order valence-electron chi connectivity index (χ2n) is 2.31. The Labute approximate surface area is 76.3 Å². The summed E-state index contributed by atoms with van der Waals surface area (Å²) < 4.78 is 0. The Morgan fingerprint density at radius 2 is 2.17 bits per heavy atom. The number of thioether (sulfide) groups is 1. The Hall–Kier alpha value is -0.550. The standard InChI is InChI=1S/C7H14N2O2S/c1-3-12-4-6(8)7(11)9-5(2)10/h6H,3-4,8H2,1-2H3,(H,9,10,11)/t6-/m0/s1. The molecule has 1 atom stereocenters. The van der Waals surface area contributed by atoms with Crippen molar-refractivity contribution in [3.8, 4) is 0 Å². The Kier molecular flexibility index (Phi) is 5.74. The van der Waals surface area contributed by atoms with Crippen LogP contribution in [-0.4, -0.2) is 29.4 Å². The van der Waals surface area contributed by atoms with E-state index in [4.69, 9.17) is 5.73 Å². The molecular formula is C7H14N2O2S. The molecule has 0 aromatic heterocycles. The predicted molar refractivity (Wildman–Crippen MR) is 49.8 cm³/mol. The van der Waals surface area contributed by atoms with Crippen LogP contribution in [0, 0.1) is 0 Å². The molecule has 0 spiro atoms. The van der Waals surface area contributed by atoms with Gasteiger partial charge in [-0.1, -0.05) is 6.92 Å². The average molecular weight is 190 g/mol. The van der Waals surface area contributed by atoms with E-state index in [2.05, 4.69) is 5.32 Å². The van der Waals surface area contributed by atoms with Gasteiger partial charge < -0.3 is 5.73 Å². The van der Waals surface area contributed by atoms with E-state index in [1.165, 1.54) is 6.92 Å². The van der Waals surface area contributed by atoms with Crippen molar-refractivity contribution in [3.63, 3.8) is 0 Å². The fraction of sp³-hybridized carbons (Fsp3) is 0.714. The van der Waals surface area contributed by atoms with Crippen molar-refractivity contribution in [2.45, 2.75) is 19.9 Å². The quantitative estimate of drug-likeness (QED) is 0.640. The van der Waals surface area contributed by atoms with E-state index in [1.54, 1.807) is 11.8 Å². The molecule has 0 aromatic rings. The molecule has 0 heterocycles. The van der Waals surface area contributed by atoms with E-state index in [1.807, 2.05) is 6.92 Å².